The molecule has 0 saturated heterocycles. The van der Waals surface area contributed by atoms with E-state index in [4.69, 9.17) is 9.05 Å². The Bertz CT molecular complexity index is 593. The maximum Gasteiger partial charge on any atom is 0.471 e. The van der Waals surface area contributed by atoms with Crippen LogP contribution in [0.1, 0.15) is 39.5 Å². The molecule has 5 nitrogen and oxygen atoms in total. The molecule has 0 aliphatic carbocycles. The van der Waals surface area contributed by atoms with Crippen molar-refractivity contribution in [3.8, 4) is 0 Å². The first-order valence-electron chi connectivity index (χ1n) is 8.11. The molecule has 1 rings (SSSR count). The predicted molar refractivity (Wildman–Crippen MR) is 90.1 cm³/mol. The minimum Gasteiger partial charge on any atom is -0.317 e. The van der Waals surface area contributed by atoms with Crippen LogP contribution >= 0.6 is 7.60 Å². The molecule has 0 fully saturated rings. The van der Waals surface area contributed by atoms with Crippen LogP contribution in [0.25, 0.3) is 0 Å². The van der Waals surface area contributed by atoms with E-state index >= 15 is 0 Å². The van der Waals surface area contributed by atoms with Crippen LogP contribution in [0.4, 0.5) is 18.9 Å². The summed E-state index contributed by atoms with van der Waals surface area (Å²) in [5.41, 5.74) is -0.235. The highest BCUT2D eigenvalue weighted by molar-refractivity contribution is 7.62. The van der Waals surface area contributed by atoms with Crippen LogP contribution in [-0.4, -0.2) is 25.3 Å². The van der Waals surface area contributed by atoms with Gasteiger partial charge in [-0.2, -0.15) is 13.2 Å². The van der Waals surface area contributed by atoms with Gasteiger partial charge in [0.2, 0.25) is 0 Å². The van der Waals surface area contributed by atoms with Gasteiger partial charge in [-0.05, 0) is 25.0 Å². The van der Waals surface area contributed by atoms with E-state index in [9.17, 15) is 22.5 Å². The van der Waals surface area contributed by atoms with E-state index in [0.29, 0.717) is 12.8 Å². The van der Waals surface area contributed by atoms with Gasteiger partial charge in [-0.25, -0.2) is 0 Å². The molecule has 25 heavy (non-hydrogen) atoms. The van der Waals surface area contributed by atoms with Gasteiger partial charge >= 0.3 is 19.7 Å². The summed E-state index contributed by atoms with van der Waals surface area (Å²) in [5.74, 6) is -2.14. The van der Waals surface area contributed by atoms with Gasteiger partial charge in [0.05, 0.1) is 24.2 Å². The molecule has 0 aliphatic heterocycles. The second-order valence-corrected chi connectivity index (χ2v) is 7.33. The standard InChI is InChI=1S/C16H23F3NO4P/c1-3-5-11-23-25(22,24-12-6-4-2)14-10-8-7-9-13(14)20-15(21)16(17,18)19/h7-10H,3-6,11-12H2,1-2H3,(H,20,21). The number of benzene rings is 1. The Morgan fingerprint density at radius 1 is 1.08 bits per heavy atom. The molecule has 1 aromatic carbocycles. The summed E-state index contributed by atoms with van der Waals surface area (Å²) in [5, 5.41) is 1.66. The summed E-state index contributed by atoms with van der Waals surface area (Å²) in [6.45, 7) is 4.12. The van der Waals surface area contributed by atoms with E-state index in [-0.39, 0.29) is 24.2 Å². The molecule has 9 heteroatoms. The Morgan fingerprint density at radius 2 is 1.60 bits per heavy atom. The monoisotopic (exact) mass is 381 g/mol. The molecule has 0 unspecified atom stereocenters. The number of carbonyl (C=O) groups is 1. The zero-order valence-corrected chi connectivity index (χ0v) is 15.2. The number of hydrogen-bond donors (Lipinski definition) is 1. The van der Waals surface area contributed by atoms with Gasteiger partial charge in [0.25, 0.3) is 0 Å². The highest BCUT2D eigenvalue weighted by atomic mass is 31.2. The second kappa shape index (κ2) is 9.94. The molecule has 1 amide bonds. The smallest absolute Gasteiger partial charge is 0.317 e. The number of halogens is 3. The Labute approximate surface area is 145 Å². The number of amides is 1. The van der Waals surface area contributed by atoms with E-state index in [0.717, 1.165) is 12.8 Å². The van der Waals surface area contributed by atoms with Crippen molar-refractivity contribution in [3.63, 3.8) is 0 Å². The normalized spacial score (nSPS) is 12.2. The average molecular weight is 381 g/mol. The first-order chi connectivity index (χ1) is 11.7. The summed E-state index contributed by atoms with van der Waals surface area (Å²) in [6, 6.07) is 5.50. The topological polar surface area (TPSA) is 64.6 Å². The fraction of sp³-hybridized carbons (Fsp3) is 0.562. The molecule has 1 aromatic rings. The summed E-state index contributed by atoms with van der Waals surface area (Å²) in [6.07, 6.45) is -2.22. The van der Waals surface area contributed by atoms with E-state index in [1.54, 1.807) is 5.32 Å². The third kappa shape index (κ3) is 6.80. The maximum atomic E-state index is 13.1. The Hall–Kier alpha value is -1.37. The zero-order chi connectivity index (χ0) is 18.9. The number of anilines is 1. The lowest BCUT2D eigenvalue weighted by molar-refractivity contribution is -0.167. The van der Waals surface area contributed by atoms with Gasteiger partial charge in [-0.15, -0.1) is 0 Å². The third-order valence-corrected chi connectivity index (χ3v) is 5.25. The number of unbranched alkanes of at least 4 members (excludes halogenated alkanes) is 2. The average Bonchev–Trinajstić information content (AvgIpc) is 2.55. The van der Waals surface area contributed by atoms with Crippen LogP contribution in [0.2, 0.25) is 0 Å². The van der Waals surface area contributed by atoms with Gasteiger partial charge in [-0.3, -0.25) is 9.36 Å². The van der Waals surface area contributed by atoms with Crippen LogP contribution in [0.3, 0.4) is 0 Å². The molecule has 0 saturated carbocycles. The Morgan fingerprint density at radius 3 is 2.08 bits per heavy atom. The quantitative estimate of drug-likeness (QED) is 0.474. The molecule has 0 bridgehead atoms. The van der Waals surface area contributed by atoms with E-state index in [2.05, 4.69) is 0 Å². The lowest BCUT2D eigenvalue weighted by Gasteiger charge is -2.21. The Balaban J connectivity index is 3.11. The number of hydrogen-bond acceptors (Lipinski definition) is 4. The third-order valence-electron chi connectivity index (χ3n) is 3.22. The van der Waals surface area contributed by atoms with E-state index in [1.807, 2.05) is 13.8 Å². The van der Waals surface area contributed by atoms with Crippen molar-refractivity contribution in [2.45, 2.75) is 45.7 Å². The second-order valence-electron chi connectivity index (χ2n) is 5.34. The highest BCUT2D eigenvalue weighted by Crippen LogP contribution is 2.49. The lowest BCUT2D eigenvalue weighted by Crippen LogP contribution is -2.32. The molecular weight excluding hydrogens is 358 g/mol. The van der Waals surface area contributed by atoms with Crippen LogP contribution in [0.5, 0.6) is 0 Å². The SMILES string of the molecule is CCCCOP(=O)(OCCCC)c1ccccc1NC(=O)C(F)(F)F. The molecule has 1 N–H and O–H groups in total. The number of nitrogens with one attached hydrogen (secondary N) is 1. The van der Waals surface area contributed by atoms with Crippen molar-refractivity contribution in [2.24, 2.45) is 0 Å². The van der Waals surface area contributed by atoms with Crippen molar-refractivity contribution in [1.29, 1.82) is 0 Å². The largest absolute Gasteiger partial charge is 0.471 e. The predicted octanol–water partition coefficient (Wildman–Crippen LogP) is 4.64. The minimum absolute atomic E-state index is 0.0835. The van der Waals surface area contributed by atoms with Gasteiger partial charge in [0, 0.05) is 0 Å². The van der Waals surface area contributed by atoms with Crippen LogP contribution in [-0.2, 0) is 18.4 Å². The molecular formula is C16H23F3NO4P. The Kier molecular flexibility index (Phi) is 8.62. The lowest BCUT2D eigenvalue weighted by atomic mass is 10.3. The molecule has 142 valence electrons. The van der Waals surface area contributed by atoms with Crippen molar-refractivity contribution >= 4 is 24.5 Å². The van der Waals surface area contributed by atoms with Gasteiger partial charge < -0.3 is 14.4 Å². The fourth-order valence-electron chi connectivity index (χ4n) is 1.85. The van der Waals surface area contributed by atoms with Crippen molar-refractivity contribution in [3.05, 3.63) is 24.3 Å². The van der Waals surface area contributed by atoms with Crippen molar-refractivity contribution < 1.29 is 31.6 Å². The fourth-order valence-corrected chi connectivity index (χ4v) is 3.63. The summed E-state index contributed by atoms with van der Waals surface area (Å²) in [4.78, 5) is 11.2. The zero-order valence-electron chi connectivity index (χ0n) is 14.3. The molecule has 0 spiro atoms. The molecule has 0 atom stereocenters. The molecule has 0 heterocycles. The first-order valence-corrected chi connectivity index (χ1v) is 9.65. The number of para-hydroxylation sites is 1. The number of alkyl halides is 3. The minimum atomic E-state index is -5.05. The van der Waals surface area contributed by atoms with Crippen LogP contribution < -0.4 is 10.6 Å². The number of carbonyl (C=O) groups excluding carboxylic acids is 1. The van der Waals surface area contributed by atoms with E-state index < -0.39 is 19.7 Å². The maximum absolute atomic E-state index is 13.1. The van der Waals surface area contributed by atoms with E-state index in [1.165, 1.54) is 24.3 Å². The van der Waals surface area contributed by atoms with Crippen LogP contribution in [0.15, 0.2) is 24.3 Å². The van der Waals surface area contributed by atoms with Gasteiger partial charge in [0.1, 0.15) is 0 Å². The molecule has 0 radical (unpaired) electrons. The van der Waals surface area contributed by atoms with Gasteiger partial charge in [-0.1, -0.05) is 38.8 Å². The number of rotatable bonds is 10. The molecule has 0 aliphatic rings. The first kappa shape index (κ1) is 21.7. The van der Waals surface area contributed by atoms with Crippen LogP contribution in [0, 0.1) is 0 Å². The molecule has 0 aromatic heterocycles. The summed E-state index contributed by atoms with van der Waals surface area (Å²) in [7, 11) is -3.86. The van der Waals surface area contributed by atoms with Gasteiger partial charge in [0.15, 0.2) is 0 Å². The summed E-state index contributed by atoms with van der Waals surface area (Å²) < 4.78 is 61.5. The highest BCUT2D eigenvalue weighted by Gasteiger charge is 2.40. The summed E-state index contributed by atoms with van der Waals surface area (Å²) >= 11 is 0. The van der Waals surface area contributed by atoms with Crippen molar-refractivity contribution in [1.82, 2.24) is 0 Å². The van der Waals surface area contributed by atoms with Crippen molar-refractivity contribution in [2.75, 3.05) is 18.5 Å².